The number of fused-ring (bicyclic) bond motifs is 1. The number of aryl methyl sites for hydroxylation is 1. The van der Waals surface area contributed by atoms with E-state index in [-0.39, 0.29) is 52.8 Å². The average molecular weight is 601 g/mol. The number of Topliss-reactive ketones (excluding diaryl/α,β-unsaturated/α-hetero) is 1. The first-order chi connectivity index (χ1) is 20.2. The molecule has 12 heteroatoms. The summed E-state index contributed by atoms with van der Waals surface area (Å²) in [5.41, 5.74) is 1.12. The van der Waals surface area contributed by atoms with Crippen LogP contribution in [0.5, 0.6) is 0 Å². The second-order valence-electron chi connectivity index (χ2n) is 10.9. The first kappa shape index (κ1) is 30.1. The zero-order chi connectivity index (χ0) is 29.8. The number of halogens is 2. The number of likely N-dealkylation sites (tertiary alicyclic amines) is 1. The van der Waals surface area contributed by atoms with Gasteiger partial charge in [0.15, 0.2) is 11.5 Å². The summed E-state index contributed by atoms with van der Waals surface area (Å²) in [6, 6.07) is 9.69. The summed E-state index contributed by atoms with van der Waals surface area (Å²) in [7, 11) is 1.73. The molecule has 5 rings (SSSR count). The first-order valence-electron chi connectivity index (χ1n) is 14.2. The zero-order valence-electron chi connectivity index (χ0n) is 23.4. The molecule has 224 valence electrons. The highest BCUT2D eigenvalue weighted by Gasteiger charge is 2.31. The fourth-order valence-electron chi connectivity index (χ4n) is 5.60. The SMILES string of the molecule is Cn1nc(C(=O)Nc2cc(F)c(CC(=O)COC(O[C@H]3CC[C@H](C(=O)O)CC3)N3CCCC3)cc2Cl)c2ccccc21. The monoisotopic (exact) mass is 600 g/mol. The molecule has 1 atom stereocenters. The van der Waals surface area contributed by atoms with Crippen molar-refractivity contribution < 1.29 is 33.4 Å². The van der Waals surface area contributed by atoms with Crippen molar-refractivity contribution in [3.63, 3.8) is 0 Å². The minimum absolute atomic E-state index is 0.0708. The van der Waals surface area contributed by atoms with E-state index in [4.69, 9.17) is 21.1 Å². The molecule has 1 aliphatic heterocycles. The number of benzene rings is 2. The van der Waals surface area contributed by atoms with Gasteiger partial charge in [0.25, 0.3) is 5.91 Å². The van der Waals surface area contributed by atoms with Crippen molar-refractivity contribution in [1.29, 1.82) is 0 Å². The van der Waals surface area contributed by atoms with Gasteiger partial charge in [-0.25, -0.2) is 4.39 Å². The molecule has 1 amide bonds. The van der Waals surface area contributed by atoms with Gasteiger partial charge in [0.1, 0.15) is 12.4 Å². The summed E-state index contributed by atoms with van der Waals surface area (Å²) in [6.07, 6.45) is 3.17. The van der Waals surface area contributed by atoms with Crippen molar-refractivity contribution in [3.05, 3.63) is 58.5 Å². The van der Waals surface area contributed by atoms with Gasteiger partial charge in [0, 0.05) is 31.9 Å². The van der Waals surface area contributed by atoms with E-state index in [1.807, 2.05) is 17.0 Å². The van der Waals surface area contributed by atoms with Gasteiger partial charge in [0.2, 0.25) is 6.41 Å². The standard InChI is InChI=1S/C30H34ClFN4O6/c1-35-26-7-3-2-6-22(26)27(34-35)28(38)33-25-16-24(32)19(15-23(25)31)14-20(37)17-41-30(36-12-4-5-13-36)42-21-10-8-18(9-11-21)29(39)40/h2-3,6-7,15-16,18,21,30H,4-5,8-14,17H2,1H3,(H,33,38)(H,39,40)/t18-,21-,30?. The Morgan fingerprint density at radius 2 is 1.86 bits per heavy atom. The second-order valence-corrected chi connectivity index (χ2v) is 11.3. The summed E-state index contributed by atoms with van der Waals surface area (Å²) in [6.45, 7) is 1.26. The predicted molar refractivity (Wildman–Crippen MR) is 154 cm³/mol. The van der Waals surface area contributed by atoms with E-state index in [1.165, 1.54) is 6.07 Å². The Labute approximate surface area is 247 Å². The maximum absolute atomic E-state index is 15.0. The molecule has 1 saturated heterocycles. The molecule has 0 spiro atoms. The molecular formula is C30H34ClFN4O6. The van der Waals surface area contributed by atoms with Gasteiger partial charge in [-0.2, -0.15) is 5.10 Å². The van der Waals surface area contributed by atoms with Gasteiger partial charge in [0.05, 0.1) is 28.2 Å². The van der Waals surface area contributed by atoms with Crippen molar-refractivity contribution in [2.24, 2.45) is 13.0 Å². The summed E-state index contributed by atoms with van der Waals surface area (Å²) in [5.74, 6) is -2.71. The quantitative estimate of drug-likeness (QED) is 0.301. The van der Waals surface area contributed by atoms with E-state index in [2.05, 4.69) is 10.4 Å². The Bertz CT molecular complexity index is 1470. The van der Waals surface area contributed by atoms with Crippen molar-refractivity contribution in [2.45, 2.75) is 57.5 Å². The molecular weight excluding hydrogens is 567 g/mol. The third-order valence-electron chi connectivity index (χ3n) is 7.90. The van der Waals surface area contributed by atoms with Crippen LogP contribution < -0.4 is 5.32 Å². The van der Waals surface area contributed by atoms with Crippen LogP contribution >= 0.6 is 11.6 Å². The second kappa shape index (κ2) is 13.3. The van der Waals surface area contributed by atoms with E-state index in [9.17, 15) is 19.5 Å². The number of nitrogens with zero attached hydrogens (tertiary/aromatic N) is 3. The molecule has 3 aromatic rings. The Hall–Kier alpha value is -3.38. The minimum atomic E-state index is -0.782. The summed E-state index contributed by atoms with van der Waals surface area (Å²) < 4.78 is 28.7. The van der Waals surface area contributed by atoms with Crippen LogP contribution in [0.4, 0.5) is 10.1 Å². The van der Waals surface area contributed by atoms with Crippen molar-refractivity contribution in [3.8, 4) is 0 Å². The number of amides is 1. The molecule has 2 fully saturated rings. The van der Waals surface area contributed by atoms with E-state index in [0.717, 1.165) is 37.5 Å². The number of aromatic nitrogens is 2. The predicted octanol–water partition coefficient (Wildman–Crippen LogP) is 4.79. The van der Waals surface area contributed by atoms with Crippen LogP contribution in [0.2, 0.25) is 5.02 Å². The number of anilines is 1. The molecule has 42 heavy (non-hydrogen) atoms. The molecule has 2 N–H and O–H groups in total. The lowest BCUT2D eigenvalue weighted by atomic mass is 9.87. The fraction of sp³-hybridized carbons (Fsp3) is 0.467. The van der Waals surface area contributed by atoms with E-state index in [0.29, 0.717) is 31.1 Å². The largest absolute Gasteiger partial charge is 0.481 e. The number of rotatable bonds is 11. The van der Waals surface area contributed by atoms with Gasteiger partial charge in [-0.3, -0.25) is 24.0 Å². The maximum Gasteiger partial charge on any atom is 0.306 e. The molecule has 0 radical (unpaired) electrons. The molecule has 1 unspecified atom stereocenters. The van der Waals surface area contributed by atoms with Crippen molar-refractivity contribution >= 4 is 45.9 Å². The Morgan fingerprint density at radius 1 is 1.14 bits per heavy atom. The van der Waals surface area contributed by atoms with Crippen LogP contribution in [0.3, 0.4) is 0 Å². The number of nitrogens with one attached hydrogen (secondary N) is 1. The lowest BCUT2D eigenvalue weighted by Crippen LogP contribution is -2.42. The number of carboxylic acid groups (broad SMARTS) is 1. The number of carbonyl (C=O) groups excluding carboxylic acids is 2. The third kappa shape index (κ3) is 6.97. The average Bonchev–Trinajstić information content (AvgIpc) is 3.63. The first-order valence-corrected chi connectivity index (χ1v) is 14.5. The molecule has 2 heterocycles. The van der Waals surface area contributed by atoms with Gasteiger partial charge in [-0.1, -0.05) is 29.8 Å². The number of ether oxygens (including phenoxy) is 2. The number of hydrogen-bond donors (Lipinski definition) is 2. The summed E-state index contributed by atoms with van der Waals surface area (Å²) >= 11 is 6.38. The highest BCUT2D eigenvalue weighted by atomic mass is 35.5. The summed E-state index contributed by atoms with van der Waals surface area (Å²) in [4.78, 5) is 39.0. The summed E-state index contributed by atoms with van der Waals surface area (Å²) in [5, 5.41) is 16.9. The molecule has 2 aromatic carbocycles. The van der Waals surface area contributed by atoms with Crippen LogP contribution in [-0.4, -0.2) is 69.7 Å². The van der Waals surface area contributed by atoms with Gasteiger partial charge < -0.3 is 19.9 Å². The van der Waals surface area contributed by atoms with Crippen molar-refractivity contribution in [2.75, 3.05) is 25.0 Å². The topological polar surface area (TPSA) is 123 Å². The Balaban J connectivity index is 1.19. The highest BCUT2D eigenvalue weighted by Crippen LogP contribution is 2.30. The van der Waals surface area contributed by atoms with Crippen LogP contribution in [0, 0.1) is 11.7 Å². The van der Waals surface area contributed by atoms with E-state index in [1.54, 1.807) is 23.9 Å². The van der Waals surface area contributed by atoms with Crippen molar-refractivity contribution in [1.82, 2.24) is 14.7 Å². The Morgan fingerprint density at radius 3 is 2.57 bits per heavy atom. The smallest absolute Gasteiger partial charge is 0.306 e. The van der Waals surface area contributed by atoms with Crippen LogP contribution in [-0.2, 0) is 32.5 Å². The van der Waals surface area contributed by atoms with Crippen LogP contribution in [0.15, 0.2) is 36.4 Å². The number of carbonyl (C=O) groups is 3. The number of ketones is 1. The highest BCUT2D eigenvalue weighted by molar-refractivity contribution is 6.34. The van der Waals surface area contributed by atoms with Gasteiger partial charge in [-0.15, -0.1) is 0 Å². The zero-order valence-corrected chi connectivity index (χ0v) is 24.1. The molecule has 2 aliphatic rings. The lowest BCUT2D eigenvalue weighted by Gasteiger charge is -2.33. The van der Waals surface area contributed by atoms with Gasteiger partial charge >= 0.3 is 5.97 Å². The molecule has 10 nitrogen and oxygen atoms in total. The van der Waals surface area contributed by atoms with Crippen LogP contribution in [0.25, 0.3) is 10.9 Å². The fourth-order valence-corrected chi connectivity index (χ4v) is 5.84. The minimum Gasteiger partial charge on any atom is -0.481 e. The van der Waals surface area contributed by atoms with Gasteiger partial charge in [-0.05, 0) is 62.3 Å². The molecule has 1 aliphatic carbocycles. The third-order valence-corrected chi connectivity index (χ3v) is 8.22. The molecule has 1 aromatic heterocycles. The number of carboxylic acids is 1. The molecule has 1 saturated carbocycles. The lowest BCUT2D eigenvalue weighted by molar-refractivity contribution is -0.243. The number of aliphatic carboxylic acids is 1. The van der Waals surface area contributed by atoms with Crippen LogP contribution in [0.1, 0.15) is 54.6 Å². The van der Waals surface area contributed by atoms with E-state index >= 15 is 4.39 Å². The molecule has 0 bridgehead atoms. The normalized spacial score (nSPS) is 20.1. The number of hydrogen-bond acceptors (Lipinski definition) is 7. The number of para-hydroxylation sites is 1. The van der Waals surface area contributed by atoms with E-state index < -0.39 is 24.1 Å². The maximum atomic E-state index is 15.0. The Kier molecular flexibility index (Phi) is 9.52.